The number of nitrogens with zero attached hydrogens (tertiary/aromatic N) is 2. The third-order valence-electron chi connectivity index (χ3n) is 3.67. The zero-order valence-corrected chi connectivity index (χ0v) is 12.5. The Labute approximate surface area is 134 Å². The molecule has 2 aromatic carbocycles. The third-order valence-corrected chi connectivity index (χ3v) is 3.67. The summed E-state index contributed by atoms with van der Waals surface area (Å²) in [7, 11) is 0. The molecule has 0 radical (unpaired) electrons. The van der Waals surface area contributed by atoms with Crippen molar-refractivity contribution in [2.75, 3.05) is 4.90 Å². The van der Waals surface area contributed by atoms with E-state index in [1.54, 1.807) is 48.8 Å². The summed E-state index contributed by atoms with van der Waals surface area (Å²) in [6.07, 6.45) is 3.34. The van der Waals surface area contributed by atoms with Crippen molar-refractivity contribution >= 4 is 5.69 Å². The lowest BCUT2D eigenvalue weighted by Crippen LogP contribution is -2.23. The molecule has 1 heterocycles. The predicted molar refractivity (Wildman–Crippen MR) is 86.9 cm³/mol. The SMILES string of the molecule is Fc1ccccc1CN(Cc1ccccc1F)c1ccncc1. The molecule has 0 fully saturated rings. The van der Waals surface area contributed by atoms with Gasteiger partial charge in [-0.2, -0.15) is 0 Å². The van der Waals surface area contributed by atoms with Crippen LogP contribution < -0.4 is 4.90 Å². The third kappa shape index (κ3) is 3.72. The highest BCUT2D eigenvalue weighted by Crippen LogP contribution is 2.21. The van der Waals surface area contributed by atoms with Gasteiger partial charge in [0, 0.05) is 42.3 Å². The van der Waals surface area contributed by atoms with E-state index in [2.05, 4.69) is 4.98 Å². The minimum Gasteiger partial charge on any atom is -0.363 e. The smallest absolute Gasteiger partial charge is 0.128 e. The minimum atomic E-state index is -0.264. The summed E-state index contributed by atoms with van der Waals surface area (Å²) >= 11 is 0. The molecule has 4 heteroatoms. The van der Waals surface area contributed by atoms with Gasteiger partial charge in [-0.15, -0.1) is 0 Å². The highest BCUT2D eigenvalue weighted by Gasteiger charge is 2.13. The summed E-state index contributed by atoms with van der Waals surface area (Å²) < 4.78 is 27.9. The Morgan fingerprint density at radius 2 is 1.17 bits per heavy atom. The fourth-order valence-corrected chi connectivity index (χ4v) is 2.46. The number of hydrogen-bond donors (Lipinski definition) is 0. The van der Waals surface area contributed by atoms with Crippen molar-refractivity contribution in [2.45, 2.75) is 13.1 Å². The van der Waals surface area contributed by atoms with Crippen LogP contribution in [0, 0.1) is 11.6 Å². The van der Waals surface area contributed by atoms with Gasteiger partial charge in [-0.25, -0.2) is 8.78 Å². The highest BCUT2D eigenvalue weighted by atomic mass is 19.1. The van der Waals surface area contributed by atoms with E-state index in [0.717, 1.165) is 5.69 Å². The molecule has 0 bridgehead atoms. The van der Waals surface area contributed by atoms with Crippen molar-refractivity contribution in [1.82, 2.24) is 4.98 Å². The van der Waals surface area contributed by atoms with Crippen LogP contribution in [0.3, 0.4) is 0 Å². The van der Waals surface area contributed by atoms with Gasteiger partial charge in [0.15, 0.2) is 0 Å². The Bertz CT molecular complexity index is 728. The van der Waals surface area contributed by atoms with Gasteiger partial charge in [0.2, 0.25) is 0 Å². The first-order valence-corrected chi connectivity index (χ1v) is 7.36. The second-order valence-electron chi connectivity index (χ2n) is 5.24. The van der Waals surface area contributed by atoms with Gasteiger partial charge in [-0.3, -0.25) is 4.98 Å². The number of rotatable bonds is 5. The summed E-state index contributed by atoms with van der Waals surface area (Å²) in [5.41, 5.74) is 2.01. The van der Waals surface area contributed by atoms with Crippen molar-refractivity contribution in [2.24, 2.45) is 0 Å². The molecule has 2 nitrogen and oxygen atoms in total. The normalized spacial score (nSPS) is 10.5. The van der Waals surface area contributed by atoms with E-state index in [9.17, 15) is 8.78 Å². The topological polar surface area (TPSA) is 16.1 Å². The molecular weight excluding hydrogens is 294 g/mol. The first kappa shape index (κ1) is 15.2. The number of pyridine rings is 1. The molecule has 0 N–H and O–H groups in total. The van der Waals surface area contributed by atoms with Gasteiger partial charge in [0.05, 0.1) is 0 Å². The van der Waals surface area contributed by atoms with Gasteiger partial charge in [-0.1, -0.05) is 36.4 Å². The molecule has 0 atom stereocenters. The average Bonchev–Trinajstić information content (AvgIpc) is 2.59. The summed E-state index contributed by atoms with van der Waals surface area (Å²) in [5, 5.41) is 0. The standard InChI is InChI=1S/C19H16F2N2/c20-18-7-3-1-5-15(18)13-23(17-9-11-22-12-10-17)14-16-6-2-4-8-19(16)21/h1-12H,13-14H2. The van der Waals surface area contributed by atoms with Crippen molar-refractivity contribution in [3.8, 4) is 0 Å². The quantitative estimate of drug-likeness (QED) is 0.686. The van der Waals surface area contributed by atoms with Crippen LogP contribution in [0.4, 0.5) is 14.5 Å². The van der Waals surface area contributed by atoms with E-state index < -0.39 is 0 Å². The van der Waals surface area contributed by atoms with Crippen LogP contribution in [-0.2, 0) is 13.1 Å². The Morgan fingerprint density at radius 1 is 0.696 bits per heavy atom. The molecule has 0 aliphatic heterocycles. The molecule has 1 aromatic heterocycles. The maximum absolute atomic E-state index is 14.0. The van der Waals surface area contributed by atoms with Crippen molar-refractivity contribution in [1.29, 1.82) is 0 Å². The number of anilines is 1. The summed E-state index contributed by atoms with van der Waals surface area (Å²) in [6.45, 7) is 0.704. The Kier molecular flexibility index (Phi) is 4.62. The lowest BCUT2D eigenvalue weighted by Gasteiger charge is -2.25. The van der Waals surface area contributed by atoms with Gasteiger partial charge >= 0.3 is 0 Å². The van der Waals surface area contributed by atoms with Crippen LogP contribution in [0.25, 0.3) is 0 Å². The maximum Gasteiger partial charge on any atom is 0.128 e. The number of aromatic nitrogens is 1. The first-order valence-electron chi connectivity index (χ1n) is 7.36. The van der Waals surface area contributed by atoms with Crippen molar-refractivity contribution in [3.63, 3.8) is 0 Å². The molecular formula is C19H16F2N2. The lowest BCUT2D eigenvalue weighted by atomic mass is 10.1. The van der Waals surface area contributed by atoms with Gasteiger partial charge in [0.25, 0.3) is 0 Å². The molecule has 3 rings (SSSR count). The molecule has 0 amide bonds. The van der Waals surface area contributed by atoms with Crippen molar-refractivity contribution in [3.05, 3.63) is 95.8 Å². The Morgan fingerprint density at radius 3 is 1.65 bits per heavy atom. The molecule has 0 saturated heterocycles. The second kappa shape index (κ2) is 7.01. The molecule has 0 saturated carbocycles. The minimum absolute atomic E-state index is 0.264. The molecule has 116 valence electrons. The monoisotopic (exact) mass is 310 g/mol. The Balaban J connectivity index is 1.91. The van der Waals surface area contributed by atoms with Crippen LogP contribution >= 0.6 is 0 Å². The fourth-order valence-electron chi connectivity index (χ4n) is 2.46. The largest absolute Gasteiger partial charge is 0.363 e. The van der Waals surface area contributed by atoms with Crippen LogP contribution in [-0.4, -0.2) is 4.98 Å². The van der Waals surface area contributed by atoms with Gasteiger partial charge in [-0.05, 0) is 24.3 Å². The summed E-state index contributed by atoms with van der Waals surface area (Å²) in [6, 6.07) is 16.9. The zero-order chi connectivity index (χ0) is 16.1. The summed E-state index contributed by atoms with van der Waals surface area (Å²) in [5.74, 6) is -0.528. The van der Waals surface area contributed by atoms with E-state index in [1.807, 2.05) is 17.0 Å². The second-order valence-corrected chi connectivity index (χ2v) is 5.24. The van der Waals surface area contributed by atoms with E-state index in [-0.39, 0.29) is 11.6 Å². The number of halogens is 2. The molecule has 0 aliphatic carbocycles. The maximum atomic E-state index is 14.0. The van der Waals surface area contributed by atoms with Crippen LogP contribution in [0.2, 0.25) is 0 Å². The molecule has 23 heavy (non-hydrogen) atoms. The van der Waals surface area contributed by atoms with Crippen LogP contribution in [0.5, 0.6) is 0 Å². The molecule has 0 unspecified atom stereocenters. The summed E-state index contributed by atoms with van der Waals surface area (Å²) in [4.78, 5) is 5.93. The van der Waals surface area contributed by atoms with E-state index in [1.165, 1.54) is 12.1 Å². The number of hydrogen-bond acceptors (Lipinski definition) is 2. The van der Waals surface area contributed by atoms with Crippen LogP contribution in [0.15, 0.2) is 73.1 Å². The molecule has 3 aromatic rings. The highest BCUT2D eigenvalue weighted by molar-refractivity contribution is 5.46. The van der Waals surface area contributed by atoms with Crippen molar-refractivity contribution < 1.29 is 8.78 Å². The molecule has 0 spiro atoms. The lowest BCUT2D eigenvalue weighted by molar-refractivity contribution is 0.591. The first-order chi connectivity index (χ1) is 11.2. The van der Waals surface area contributed by atoms with Gasteiger partial charge in [0.1, 0.15) is 11.6 Å². The molecule has 0 aliphatic rings. The van der Waals surface area contributed by atoms with E-state index >= 15 is 0 Å². The Hall–Kier alpha value is -2.75. The number of benzene rings is 2. The van der Waals surface area contributed by atoms with E-state index in [4.69, 9.17) is 0 Å². The zero-order valence-electron chi connectivity index (χ0n) is 12.5. The van der Waals surface area contributed by atoms with Gasteiger partial charge < -0.3 is 4.90 Å². The average molecular weight is 310 g/mol. The predicted octanol–water partition coefficient (Wildman–Crippen LogP) is 4.57. The van der Waals surface area contributed by atoms with Crippen LogP contribution in [0.1, 0.15) is 11.1 Å². The van der Waals surface area contributed by atoms with E-state index in [0.29, 0.717) is 24.2 Å². The fraction of sp³-hybridized carbons (Fsp3) is 0.105.